The van der Waals surface area contributed by atoms with Gasteiger partial charge in [-0.1, -0.05) is 60.7 Å². The van der Waals surface area contributed by atoms with Gasteiger partial charge in [-0.2, -0.15) is 0 Å². The van der Waals surface area contributed by atoms with Crippen LogP contribution in [0.25, 0.3) is 0 Å². The molecule has 3 rings (SSSR count). The number of aliphatic hydroxyl groups is 1. The summed E-state index contributed by atoms with van der Waals surface area (Å²) in [5.41, 5.74) is 3.04. The predicted octanol–water partition coefficient (Wildman–Crippen LogP) is 3.68. The fourth-order valence-corrected chi connectivity index (χ4v) is 2.86. The minimum absolute atomic E-state index is 0.0479. The van der Waals surface area contributed by atoms with Crippen molar-refractivity contribution in [3.63, 3.8) is 0 Å². The number of hydrogen-bond donors (Lipinski definition) is 2. The molecular formula is C17H16N2OS. The van der Waals surface area contributed by atoms with Crippen LogP contribution in [0.5, 0.6) is 0 Å². The molecule has 1 heterocycles. The number of rotatable bonds is 4. The number of imidazole rings is 1. The highest BCUT2D eigenvalue weighted by atomic mass is 32.1. The zero-order chi connectivity index (χ0) is 14.7. The molecule has 2 N–H and O–H groups in total. The third kappa shape index (κ3) is 2.68. The van der Waals surface area contributed by atoms with E-state index < -0.39 is 0 Å². The lowest BCUT2D eigenvalue weighted by Gasteiger charge is -2.22. The van der Waals surface area contributed by atoms with E-state index in [0.29, 0.717) is 4.77 Å². The van der Waals surface area contributed by atoms with E-state index in [4.69, 9.17) is 12.2 Å². The summed E-state index contributed by atoms with van der Waals surface area (Å²) >= 11 is 5.41. The van der Waals surface area contributed by atoms with Crippen molar-refractivity contribution in [2.24, 2.45) is 0 Å². The Bertz CT molecular complexity index is 723. The van der Waals surface area contributed by atoms with Crippen molar-refractivity contribution in [2.45, 2.75) is 12.6 Å². The van der Waals surface area contributed by atoms with E-state index in [2.05, 4.69) is 29.2 Å². The van der Waals surface area contributed by atoms with Crippen LogP contribution in [0.4, 0.5) is 0 Å². The highest BCUT2D eigenvalue weighted by Gasteiger charge is 2.19. The van der Waals surface area contributed by atoms with Gasteiger partial charge in [-0.25, -0.2) is 0 Å². The molecule has 0 unspecified atom stereocenters. The molecule has 0 aliphatic carbocycles. The number of H-pyrrole nitrogens is 1. The molecule has 0 fully saturated rings. The van der Waals surface area contributed by atoms with Crippen LogP contribution < -0.4 is 0 Å². The average molecular weight is 296 g/mol. The van der Waals surface area contributed by atoms with Gasteiger partial charge >= 0.3 is 0 Å². The Kier molecular flexibility index (Phi) is 3.99. The molecule has 0 radical (unpaired) electrons. The van der Waals surface area contributed by atoms with Crippen LogP contribution in [0.1, 0.15) is 22.9 Å². The lowest BCUT2D eigenvalue weighted by atomic mass is 9.98. The average Bonchev–Trinajstić information content (AvgIpc) is 2.91. The standard InChI is InChI=1S/C17H16N2OS/c20-12-15-11-18-17(21)19(15)16(13-7-3-1-4-8-13)14-9-5-2-6-10-14/h1-11,16,20H,12H2,(H,18,21). The maximum Gasteiger partial charge on any atom is 0.178 e. The molecule has 0 atom stereocenters. The molecule has 3 nitrogen and oxygen atoms in total. The van der Waals surface area contributed by atoms with Gasteiger partial charge in [0.1, 0.15) is 0 Å². The van der Waals surface area contributed by atoms with Crippen molar-refractivity contribution in [1.82, 2.24) is 9.55 Å². The van der Waals surface area contributed by atoms with Crippen LogP contribution in [0.3, 0.4) is 0 Å². The molecule has 0 saturated carbocycles. The number of aromatic amines is 1. The summed E-state index contributed by atoms with van der Waals surface area (Å²) < 4.78 is 2.58. The summed E-state index contributed by atoms with van der Waals surface area (Å²) in [6.07, 6.45) is 1.77. The quantitative estimate of drug-likeness (QED) is 0.721. The van der Waals surface area contributed by atoms with Gasteiger partial charge in [-0.3, -0.25) is 0 Å². The Morgan fingerprint density at radius 1 is 0.952 bits per heavy atom. The Labute approximate surface area is 128 Å². The van der Waals surface area contributed by atoms with E-state index in [1.807, 2.05) is 41.0 Å². The largest absolute Gasteiger partial charge is 0.390 e. The monoisotopic (exact) mass is 296 g/mol. The Balaban J connectivity index is 2.22. The van der Waals surface area contributed by atoms with Gasteiger partial charge in [0, 0.05) is 6.20 Å². The van der Waals surface area contributed by atoms with Gasteiger partial charge in [0.15, 0.2) is 4.77 Å². The van der Waals surface area contributed by atoms with Crippen molar-refractivity contribution in [3.8, 4) is 0 Å². The van der Waals surface area contributed by atoms with Gasteiger partial charge in [-0.15, -0.1) is 0 Å². The molecule has 0 aliphatic rings. The molecule has 4 heteroatoms. The van der Waals surface area contributed by atoms with Crippen molar-refractivity contribution >= 4 is 12.2 Å². The Morgan fingerprint density at radius 2 is 1.48 bits per heavy atom. The first kappa shape index (κ1) is 13.8. The van der Waals surface area contributed by atoms with E-state index in [9.17, 15) is 5.11 Å². The molecule has 0 saturated heterocycles. The van der Waals surface area contributed by atoms with Gasteiger partial charge in [0.2, 0.25) is 0 Å². The van der Waals surface area contributed by atoms with E-state index in [1.165, 1.54) is 0 Å². The Hall–Kier alpha value is -2.17. The zero-order valence-electron chi connectivity index (χ0n) is 11.4. The molecule has 0 aliphatic heterocycles. The second-order valence-electron chi connectivity index (χ2n) is 4.84. The van der Waals surface area contributed by atoms with Gasteiger partial charge < -0.3 is 14.7 Å². The second-order valence-corrected chi connectivity index (χ2v) is 5.22. The number of aliphatic hydroxyl groups excluding tert-OH is 1. The lowest BCUT2D eigenvalue weighted by molar-refractivity contribution is 0.269. The summed E-state index contributed by atoms with van der Waals surface area (Å²) in [5.74, 6) is 0. The summed E-state index contributed by atoms with van der Waals surface area (Å²) in [5, 5.41) is 9.59. The first-order chi connectivity index (χ1) is 10.3. The highest BCUT2D eigenvalue weighted by Crippen LogP contribution is 2.28. The molecule has 0 bridgehead atoms. The van der Waals surface area contributed by atoms with Crippen LogP contribution >= 0.6 is 12.2 Å². The third-order valence-corrected chi connectivity index (χ3v) is 3.86. The molecule has 0 amide bonds. The minimum Gasteiger partial charge on any atom is -0.390 e. The van der Waals surface area contributed by atoms with Gasteiger partial charge in [-0.05, 0) is 23.3 Å². The fourth-order valence-electron chi connectivity index (χ4n) is 2.58. The molecule has 0 spiro atoms. The molecule has 2 aromatic carbocycles. The van der Waals surface area contributed by atoms with Crippen molar-refractivity contribution < 1.29 is 5.11 Å². The topological polar surface area (TPSA) is 40.9 Å². The fraction of sp³-hybridized carbons (Fsp3) is 0.118. The molecular weight excluding hydrogens is 280 g/mol. The highest BCUT2D eigenvalue weighted by molar-refractivity contribution is 7.71. The van der Waals surface area contributed by atoms with Crippen LogP contribution in [-0.2, 0) is 6.61 Å². The van der Waals surface area contributed by atoms with Crippen molar-refractivity contribution in [1.29, 1.82) is 0 Å². The molecule has 106 valence electrons. The Morgan fingerprint density at radius 3 is 1.95 bits per heavy atom. The van der Waals surface area contributed by atoms with E-state index in [1.54, 1.807) is 6.20 Å². The van der Waals surface area contributed by atoms with Crippen LogP contribution in [-0.4, -0.2) is 14.7 Å². The van der Waals surface area contributed by atoms with Crippen molar-refractivity contribution in [3.05, 3.63) is 88.5 Å². The molecule has 1 aromatic heterocycles. The SMILES string of the molecule is OCc1c[nH]c(=S)n1C(c1ccccc1)c1ccccc1. The van der Waals surface area contributed by atoms with Crippen molar-refractivity contribution in [2.75, 3.05) is 0 Å². The van der Waals surface area contributed by atoms with Crippen LogP contribution in [0.15, 0.2) is 66.9 Å². The second kappa shape index (κ2) is 6.08. The number of hydrogen-bond acceptors (Lipinski definition) is 2. The number of benzene rings is 2. The first-order valence-electron chi connectivity index (χ1n) is 6.81. The predicted molar refractivity (Wildman–Crippen MR) is 85.7 cm³/mol. The maximum atomic E-state index is 9.59. The summed E-state index contributed by atoms with van der Waals surface area (Å²) in [6.45, 7) is -0.0523. The van der Waals surface area contributed by atoms with E-state index >= 15 is 0 Å². The minimum atomic E-state index is -0.0523. The number of nitrogens with one attached hydrogen (secondary N) is 1. The van der Waals surface area contributed by atoms with Gasteiger partial charge in [0.25, 0.3) is 0 Å². The van der Waals surface area contributed by atoms with Gasteiger partial charge in [0.05, 0.1) is 18.3 Å². The van der Waals surface area contributed by atoms with E-state index in [-0.39, 0.29) is 12.6 Å². The van der Waals surface area contributed by atoms with E-state index in [0.717, 1.165) is 16.8 Å². The molecule has 3 aromatic rings. The maximum absolute atomic E-state index is 9.59. The summed E-state index contributed by atoms with van der Waals surface area (Å²) in [4.78, 5) is 3.03. The summed E-state index contributed by atoms with van der Waals surface area (Å²) in [7, 11) is 0. The smallest absolute Gasteiger partial charge is 0.178 e. The number of aromatic nitrogens is 2. The number of nitrogens with zero attached hydrogens (tertiary/aromatic N) is 1. The zero-order valence-corrected chi connectivity index (χ0v) is 12.3. The lowest BCUT2D eigenvalue weighted by Crippen LogP contribution is -2.15. The first-order valence-corrected chi connectivity index (χ1v) is 7.21. The molecule has 21 heavy (non-hydrogen) atoms. The third-order valence-electron chi connectivity index (χ3n) is 3.54. The normalized spacial score (nSPS) is 11.0. The summed E-state index contributed by atoms with van der Waals surface area (Å²) in [6, 6.07) is 20.3. The van der Waals surface area contributed by atoms with Crippen LogP contribution in [0, 0.1) is 4.77 Å². The van der Waals surface area contributed by atoms with Crippen LogP contribution in [0.2, 0.25) is 0 Å².